The number of alkyl carbamates (subject to hydrolysis) is 1. The van der Waals surface area contributed by atoms with Crippen molar-refractivity contribution in [3.05, 3.63) is 60.7 Å². The number of carbonyl (C=O) groups is 3. The van der Waals surface area contributed by atoms with Crippen LogP contribution >= 0.6 is 0 Å². The van der Waals surface area contributed by atoms with Crippen LogP contribution in [0.15, 0.2) is 49.6 Å². The lowest BCUT2D eigenvalue weighted by atomic mass is 9.85. The van der Waals surface area contributed by atoms with Crippen LogP contribution in [-0.2, 0) is 29.4 Å². The zero-order valence-electron chi connectivity index (χ0n) is 26.9. The highest BCUT2D eigenvalue weighted by molar-refractivity contribution is 5.92. The molecule has 0 spiro atoms. The maximum Gasteiger partial charge on any atom is 0.407 e. The Morgan fingerprint density at radius 1 is 1.09 bits per heavy atom. The first-order chi connectivity index (χ1) is 20.9. The SMILES string of the molecule is C=CCC1(CCOC(=O)NC(C(=O)N2CC(OC)(c3ccc4cc(OC)c(C=C)cc4c3)CC2C(=O)OC)C(C)(C)C)CC1. The maximum absolute atomic E-state index is 14.2. The van der Waals surface area contributed by atoms with Crippen LogP contribution in [0.25, 0.3) is 16.8 Å². The van der Waals surface area contributed by atoms with E-state index in [1.807, 2.05) is 57.2 Å². The number of hydrogen-bond acceptors (Lipinski definition) is 7. The quantitative estimate of drug-likeness (QED) is 0.234. The van der Waals surface area contributed by atoms with Crippen LogP contribution in [0.2, 0.25) is 0 Å². The molecule has 4 rings (SSSR count). The van der Waals surface area contributed by atoms with Crippen molar-refractivity contribution in [3.63, 3.8) is 0 Å². The van der Waals surface area contributed by atoms with Crippen LogP contribution in [0.1, 0.15) is 64.0 Å². The molecular formula is C35H46N2O7. The molecule has 1 saturated heterocycles. The number of fused-ring (bicyclic) bond motifs is 1. The highest BCUT2D eigenvalue weighted by Crippen LogP contribution is 2.52. The fraction of sp³-hybridized carbons (Fsp3) is 0.514. The number of esters is 1. The van der Waals surface area contributed by atoms with Crippen molar-refractivity contribution >= 4 is 34.8 Å². The summed E-state index contributed by atoms with van der Waals surface area (Å²) in [5.41, 5.74) is 0.154. The monoisotopic (exact) mass is 606 g/mol. The molecule has 2 aliphatic rings. The first kappa shape index (κ1) is 33.1. The molecule has 1 aliphatic heterocycles. The van der Waals surface area contributed by atoms with Gasteiger partial charge in [0.25, 0.3) is 0 Å². The Hall–Kier alpha value is -3.85. The van der Waals surface area contributed by atoms with Crippen molar-refractivity contribution in [1.29, 1.82) is 0 Å². The number of nitrogens with one attached hydrogen (secondary N) is 1. The molecule has 0 aromatic heterocycles. The lowest BCUT2D eigenvalue weighted by Gasteiger charge is -2.35. The Morgan fingerprint density at radius 3 is 2.39 bits per heavy atom. The third-order valence-corrected chi connectivity index (χ3v) is 9.18. The zero-order chi connectivity index (χ0) is 32.3. The highest BCUT2D eigenvalue weighted by atomic mass is 16.5. The summed E-state index contributed by atoms with van der Waals surface area (Å²) in [6, 6.07) is 7.96. The molecule has 3 atom stereocenters. The molecule has 1 aliphatic carbocycles. The van der Waals surface area contributed by atoms with Crippen LogP contribution in [0.3, 0.4) is 0 Å². The fourth-order valence-electron chi connectivity index (χ4n) is 6.21. The second-order valence-corrected chi connectivity index (χ2v) is 13.1. The molecule has 44 heavy (non-hydrogen) atoms. The van der Waals surface area contributed by atoms with E-state index in [0.717, 1.165) is 47.6 Å². The van der Waals surface area contributed by atoms with Gasteiger partial charge in [0.2, 0.25) is 5.91 Å². The summed E-state index contributed by atoms with van der Waals surface area (Å²) in [7, 11) is 4.49. The number of likely N-dealkylation sites (tertiary alicyclic amines) is 1. The molecule has 2 aromatic rings. The van der Waals surface area contributed by atoms with E-state index in [1.54, 1.807) is 20.3 Å². The second-order valence-electron chi connectivity index (χ2n) is 13.1. The molecule has 1 N–H and O–H groups in total. The van der Waals surface area contributed by atoms with Crippen LogP contribution in [0, 0.1) is 10.8 Å². The summed E-state index contributed by atoms with van der Waals surface area (Å²) in [5.74, 6) is -0.245. The standard InChI is InChI=1S/C35H46N2O7/c1-9-13-34(14-15-34)16-17-44-32(40)36-29(33(3,4)5)30(38)37-22-35(43-8,21-27(37)31(39)42-7)26-12-11-24-20-28(41-6)23(10-2)18-25(24)19-26/h9-12,18-20,27,29H,1-2,13-17,21-22H2,3-8H3,(H,36,40). The lowest BCUT2D eigenvalue weighted by molar-refractivity contribution is -0.152. The van der Waals surface area contributed by atoms with E-state index < -0.39 is 41.1 Å². The molecule has 9 heteroatoms. The minimum atomic E-state index is -0.996. The molecule has 1 saturated carbocycles. The van der Waals surface area contributed by atoms with Gasteiger partial charge in [0, 0.05) is 19.1 Å². The van der Waals surface area contributed by atoms with Gasteiger partial charge >= 0.3 is 12.1 Å². The summed E-state index contributed by atoms with van der Waals surface area (Å²) in [5, 5.41) is 4.70. The van der Waals surface area contributed by atoms with Gasteiger partial charge in [-0.1, -0.05) is 51.6 Å². The largest absolute Gasteiger partial charge is 0.496 e. The maximum atomic E-state index is 14.2. The zero-order valence-corrected chi connectivity index (χ0v) is 26.9. The first-order valence-electron chi connectivity index (χ1n) is 15.1. The molecule has 238 valence electrons. The summed E-state index contributed by atoms with van der Waals surface area (Å²) in [6.45, 7) is 13.7. The summed E-state index contributed by atoms with van der Waals surface area (Å²) >= 11 is 0. The van der Waals surface area contributed by atoms with Crippen LogP contribution in [0.4, 0.5) is 4.79 Å². The molecule has 2 aromatic carbocycles. The van der Waals surface area contributed by atoms with Crippen LogP contribution in [-0.4, -0.2) is 69.4 Å². The average Bonchev–Trinajstić information content (AvgIpc) is 3.65. The molecule has 1 heterocycles. The van der Waals surface area contributed by atoms with Gasteiger partial charge in [0.05, 0.1) is 27.4 Å². The van der Waals surface area contributed by atoms with Gasteiger partial charge in [-0.15, -0.1) is 6.58 Å². The summed E-state index contributed by atoms with van der Waals surface area (Å²) < 4.78 is 22.3. The van der Waals surface area contributed by atoms with Gasteiger partial charge in [0.15, 0.2) is 0 Å². The predicted octanol–water partition coefficient (Wildman–Crippen LogP) is 5.99. The minimum absolute atomic E-state index is 0.0887. The van der Waals surface area contributed by atoms with E-state index in [0.29, 0.717) is 5.75 Å². The number of methoxy groups -OCH3 is 3. The number of ether oxygens (including phenoxy) is 4. The number of rotatable bonds is 12. The minimum Gasteiger partial charge on any atom is -0.496 e. The third-order valence-electron chi connectivity index (χ3n) is 9.18. The van der Waals surface area contributed by atoms with Crippen molar-refractivity contribution in [2.45, 2.75) is 70.6 Å². The number of carbonyl (C=O) groups excluding carboxylic acids is 3. The average molecular weight is 607 g/mol. The van der Waals surface area contributed by atoms with Gasteiger partial charge in [-0.3, -0.25) is 4.79 Å². The number of allylic oxidation sites excluding steroid dienone is 1. The highest BCUT2D eigenvalue weighted by Gasteiger charge is 2.53. The molecular weight excluding hydrogens is 560 g/mol. The second kappa shape index (κ2) is 13.0. The van der Waals surface area contributed by atoms with E-state index in [-0.39, 0.29) is 25.0 Å². The third kappa shape index (κ3) is 6.78. The van der Waals surface area contributed by atoms with Gasteiger partial charge in [-0.2, -0.15) is 0 Å². The van der Waals surface area contributed by atoms with E-state index in [4.69, 9.17) is 18.9 Å². The van der Waals surface area contributed by atoms with Crippen molar-refractivity contribution in [2.75, 3.05) is 34.5 Å². The lowest BCUT2D eigenvalue weighted by Crippen LogP contribution is -2.57. The van der Waals surface area contributed by atoms with E-state index in [1.165, 1.54) is 12.0 Å². The topological polar surface area (TPSA) is 103 Å². The molecule has 0 radical (unpaired) electrons. The predicted molar refractivity (Wildman–Crippen MR) is 170 cm³/mol. The Bertz CT molecular complexity index is 1420. The first-order valence-corrected chi connectivity index (χ1v) is 15.1. The van der Waals surface area contributed by atoms with Gasteiger partial charge in [-0.25, -0.2) is 9.59 Å². The van der Waals surface area contributed by atoms with E-state index >= 15 is 0 Å². The van der Waals surface area contributed by atoms with Gasteiger partial charge in [0.1, 0.15) is 23.4 Å². The van der Waals surface area contributed by atoms with E-state index in [2.05, 4.69) is 18.5 Å². The normalized spacial score (nSPS) is 21.3. The van der Waals surface area contributed by atoms with Crippen LogP contribution < -0.4 is 10.1 Å². The molecule has 2 amide bonds. The van der Waals surface area contributed by atoms with Gasteiger partial charge in [-0.05, 0) is 71.0 Å². The van der Waals surface area contributed by atoms with Crippen LogP contribution in [0.5, 0.6) is 5.75 Å². The Labute approximate surface area is 260 Å². The fourth-order valence-corrected chi connectivity index (χ4v) is 6.21. The smallest absolute Gasteiger partial charge is 0.407 e. The van der Waals surface area contributed by atoms with E-state index in [9.17, 15) is 14.4 Å². The Balaban J connectivity index is 1.60. The number of benzene rings is 2. The van der Waals surface area contributed by atoms with Gasteiger partial charge < -0.3 is 29.2 Å². The summed E-state index contributed by atoms with van der Waals surface area (Å²) in [4.78, 5) is 41.7. The number of hydrogen-bond donors (Lipinski definition) is 1. The van der Waals surface area contributed by atoms with Crippen molar-refractivity contribution in [3.8, 4) is 5.75 Å². The number of nitrogens with zero attached hydrogens (tertiary/aromatic N) is 1. The van der Waals surface area contributed by atoms with Crippen molar-refractivity contribution in [2.24, 2.45) is 10.8 Å². The number of amides is 2. The van der Waals surface area contributed by atoms with Crippen molar-refractivity contribution in [1.82, 2.24) is 10.2 Å². The van der Waals surface area contributed by atoms with Crippen molar-refractivity contribution < 1.29 is 33.3 Å². The molecule has 2 fully saturated rings. The summed E-state index contributed by atoms with van der Waals surface area (Å²) in [6.07, 6.45) is 7.00. The molecule has 0 bridgehead atoms. The molecule has 9 nitrogen and oxygen atoms in total. The Morgan fingerprint density at radius 2 is 1.82 bits per heavy atom. The Kier molecular flexibility index (Phi) is 9.78. The molecule has 3 unspecified atom stereocenters.